The van der Waals surface area contributed by atoms with Crippen LogP contribution >= 0.6 is 11.6 Å². The van der Waals surface area contributed by atoms with Gasteiger partial charge < -0.3 is 10.2 Å². The van der Waals surface area contributed by atoms with Gasteiger partial charge >= 0.3 is 0 Å². The molecule has 1 aliphatic rings. The van der Waals surface area contributed by atoms with Crippen molar-refractivity contribution >= 4 is 39.6 Å². The maximum atomic E-state index is 10.5. The van der Waals surface area contributed by atoms with E-state index in [-0.39, 0.29) is 16.8 Å². The third-order valence-electron chi connectivity index (χ3n) is 4.38. The first-order chi connectivity index (χ1) is 13.6. The quantitative estimate of drug-likeness (QED) is 0.518. The Labute approximate surface area is 163 Å². The summed E-state index contributed by atoms with van der Waals surface area (Å²) in [6, 6.07) is 10.2. The minimum atomic E-state index is -0.149. The van der Waals surface area contributed by atoms with Crippen molar-refractivity contribution < 1.29 is 10.2 Å². The molecule has 0 radical (unpaired) electrons. The summed E-state index contributed by atoms with van der Waals surface area (Å²) >= 11 is 6.42. The Kier molecular flexibility index (Phi) is 3.59. The highest BCUT2D eigenvalue weighted by Crippen LogP contribution is 2.40. The van der Waals surface area contributed by atoms with Gasteiger partial charge in [0.15, 0.2) is 0 Å². The smallest absolute Gasteiger partial charge is 0.208 e. The van der Waals surface area contributed by atoms with E-state index >= 15 is 0 Å². The van der Waals surface area contributed by atoms with Crippen LogP contribution in [0.25, 0.3) is 16.5 Å². The highest BCUT2D eigenvalue weighted by molar-refractivity contribution is 6.32. The zero-order valence-corrected chi connectivity index (χ0v) is 14.9. The second-order valence-electron chi connectivity index (χ2n) is 6.05. The van der Waals surface area contributed by atoms with Crippen LogP contribution in [0.5, 0.6) is 11.8 Å². The van der Waals surface area contributed by atoms with Crippen LogP contribution in [-0.4, -0.2) is 30.6 Å². The summed E-state index contributed by atoms with van der Waals surface area (Å²) in [5.74, 6) is 0.116. The van der Waals surface area contributed by atoms with Crippen LogP contribution in [0.4, 0.5) is 11.4 Å². The number of aromatic nitrogens is 3. The first-order valence-electron chi connectivity index (χ1n) is 8.25. The number of rotatable bonds is 2. The van der Waals surface area contributed by atoms with E-state index in [1.54, 1.807) is 36.5 Å². The number of hydrogen-bond acceptors (Lipinski definition) is 6. The molecule has 4 heterocycles. The van der Waals surface area contributed by atoms with Gasteiger partial charge in [0.1, 0.15) is 11.4 Å². The van der Waals surface area contributed by atoms with E-state index in [4.69, 9.17) is 11.6 Å². The molecule has 0 bridgehead atoms. The third kappa shape index (κ3) is 2.43. The van der Waals surface area contributed by atoms with Crippen LogP contribution in [0.3, 0.4) is 0 Å². The van der Waals surface area contributed by atoms with Crippen LogP contribution in [0, 0.1) is 0 Å². The van der Waals surface area contributed by atoms with Crippen LogP contribution in [0.1, 0.15) is 5.69 Å². The molecule has 28 heavy (non-hydrogen) atoms. The number of azo groups is 1. The average molecular weight is 391 g/mol. The number of benzene rings is 1. The molecule has 1 aliphatic heterocycles. The molecule has 0 unspecified atom stereocenters. The Balaban J connectivity index is 1.59. The van der Waals surface area contributed by atoms with Crippen molar-refractivity contribution in [2.75, 3.05) is 0 Å². The number of hydrogen-bond donors (Lipinski definition) is 2. The van der Waals surface area contributed by atoms with Gasteiger partial charge in [-0.15, -0.1) is 10.2 Å². The van der Waals surface area contributed by atoms with Crippen molar-refractivity contribution in [1.29, 1.82) is 0 Å². The topological polar surface area (TPSA) is 108 Å². The lowest BCUT2D eigenvalue weighted by Crippen LogP contribution is -1.96. The normalized spacial score (nSPS) is 14.1. The van der Waals surface area contributed by atoms with Gasteiger partial charge in [-0.25, -0.2) is 9.56 Å². The maximum Gasteiger partial charge on any atom is 0.208 e. The molecule has 0 saturated heterocycles. The fraction of sp³-hybridized carbons (Fsp3) is 0. The molecule has 9 heteroatoms. The standard InChI is InChI=1S/C19H11ClN6O2/c20-13-8-10(23-17-16-14(24-25-17)2-1-6-22-16)3-4-15(13)26-18(27)11-5-7-21-9-12(11)19(26)28/h1-9,27-28H. The fourth-order valence-electron chi connectivity index (χ4n) is 3.08. The van der Waals surface area contributed by atoms with Crippen molar-refractivity contribution in [3.8, 4) is 17.4 Å². The SMILES string of the molecule is Oc1c2ccncc2c(O)n1-c1ccc(N=C2N=Nc3cccnc32)cc1Cl. The Bertz CT molecular complexity index is 1270. The van der Waals surface area contributed by atoms with E-state index in [1.165, 1.54) is 17.0 Å². The molecular weight excluding hydrogens is 380 g/mol. The lowest BCUT2D eigenvalue weighted by Gasteiger charge is -2.09. The number of aliphatic imine (C=N–C) groups is 1. The Morgan fingerprint density at radius 1 is 0.964 bits per heavy atom. The summed E-state index contributed by atoms with van der Waals surface area (Å²) in [4.78, 5) is 12.7. The number of nitrogens with zero attached hydrogens (tertiary/aromatic N) is 6. The summed E-state index contributed by atoms with van der Waals surface area (Å²) < 4.78 is 1.26. The minimum absolute atomic E-state index is 0.126. The monoisotopic (exact) mass is 390 g/mol. The van der Waals surface area contributed by atoms with E-state index < -0.39 is 0 Å². The van der Waals surface area contributed by atoms with Crippen LogP contribution in [-0.2, 0) is 0 Å². The van der Waals surface area contributed by atoms with Gasteiger partial charge in [0.2, 0.25) is 17.6 Å². The Morgan fingerprint density at radius 2 is 1.82 bits per heavy atom. The molecule has 0 fully saturated rings. The van der Waals surface area contributed by atoms with Crippen molar-refractivity contribution in [2.45, 2.75) is 0 Å². The summed E-state index contributed by atoms with van der Waals surface area (Å²) in [6.45, 7) is 0. The molecule has 0 saturated carbocycles. The second kappa shape index (κ2) is 6.14. The third-order valence-corrected chi connectivity index (χ3v) is 4.69. The number of pyridine rings is 2. The van der Waals surface area contributed by atoms with Crippen LogP contribution in [0.15, 0.2) is 70.2 Å². The van der Waals surface area contributed by atoms with Crippen molar-refractivity contribution in [3.05, 3.63) is 65.7 Å². The van der Waals surface area contributed by atoms with E-state index in [2.05, 4.69) is 25.2 Å². The molecule has 5 rings (SSSR count). The van der Waals surface area contributed by atoms with E-state index in [0.29, 0.717) is 39.4 Å². The lowest BCUT2D eigenvalue weighted by molar-refractivity contribution is 0.406. The number of aromatic hydroxyl groups is 2. The molecule has 136 valence electrons. The average Bonchev–Trinajstić information content (AvgIpc) is 3.22. The Hall–Kier alpha value is -3.78. The number of fused-ring (bicyclic) bond motifs is 2. The predicted molar refractivity (Wildman–Crippen MR) is 104 cm³/mol. The van der Waals surface area contributed by atoms with Crippen molar-refractivity contribution in [2.24, 2.45) is 15.2 Å². The largest absolute Gasteiger partial charge is 0.494 e. The van der Waals surface area contributed by atoms with Gasteiger partial charge in [-0.05, 0) is 36.4 Å². The van der Waals surface area contributed by atoms with E-state index in [1.807, 2.05) is 6.07 Å². The second-order valence-corrected chi connectivity index (χ2v) is 6.45. The van der Waals surface area contributed by atoms with E-state index in [0.717, 1.165) is 0 Å². The number of halogens is 1. The molecule has 0 spiro atoms. The van der Waals surface area contributed by atoms with Crippen LogP contribution in [0.2, 0.25) is 5.02 Å². The van der Waals surface area contributed by atoms with Gasteiger partial charge in [0, 0.05) is 18.6 Å². The molecule has 2 N–H and O–H groups in total. The van der Waals surface area contributed by atoms with Gasteiger partial charge in [0.25, 0.3) is 0 Å². The van der Waals surface area contributed by atoms with Crippen molar-refractivity contribution in [1.82, 2.24) is 14.5 Å². The number of amidine groups is 1. The lowest BCUT2D eigenvalue weighted by atomic mass is 10.2. The van der Waals surface area contributed by atoms with Gasteiger partial charge in [-0.2, -0.15) is 0 Å². The fourth-order valence-corrected chi connectivity index (χ4v) is 3.34. The first-order valence-corrected chi connectivity index (χ1v) is 8.63. The highest BCUT2D eigenvalue weighted by Gasteiger charge is 2.20. The first kappa shape index (κ1) is 16.4. The zero-order chi connectivity index (χ0) is 19.3. The van der Waals surface area contributed by atoms with Crippen molar-refractivity contribution in [3.63, 3.8) is 0 Å². The molecule has 0 aliphatic carbocycles. The summed E-state index contributed by atoms with van der Waals surface area (Å²) in [6.07, 6.45) is 4.66. The highest BCUT2D eigenvalue weighted by atomic mass is 35.5. The summed E-state index contributed by atoms with van der Waals surface area (Å²) in [7, 11) is 0. The minimum Gasteiger partial charge on any atom is -0.494 e. The molecule has 1 aromatic carbocycles. The molecule has 8 nitrogen and oxygen atoms in total. The van der Waals surface area contributed by atoms with Gasteiger partial charge in [0.05, 0.1) is 27.2 Å². The van der Waals surface area contributed by atoms with Gasteiger partial charge in [-0.1, -0.05) is 11.6 Å². The molecule has 3 aromatic heterocycles. The Morgan fingerprint density at radius 3 is 2.64 bits per heavy atom. The van der Waals surface area contributed by atoms with Gasteiger partial charge in [-0.3, -0.25) is 9.97 Å². The zero-order valence-electron chi connectivity index (χ0n) is 14.2. The summed E-state index contributed by atoms with van der Waals surface area (Å²) in [5, 5.41) is 30.3. The predicted octanol–water partition coefficient (Wildman–Crippen LogP) is 4.66. The van der Waals surface area contributed by atoms with E-state index in [9.17, 15) is 10.2 Å². The molecular formula is C19H11ClN6O2. The molecule has 4 aromatic rings. The molecule has 0 amide bonds. The molecule has 0 atom stereocenters. The maximum absolute atomic E-state index is 10.5. The summed E-state index contributed by atoms with van der Waals surface area (Å²) in [5.41, 5.74) is 2.20. The van der Waals surface area contributed by atoms with Crippen LogP contribution < -0.4 is 0 Å².